The van der Waals surface area contributed by atoms with Gasteiger partial charge in [0, 0.05) is 30.4 Å². The Hall–Kier alpha value is -2.50. The minimum Gasteiger partial charge on any atom is -0.341 e. The molecule has 0 atom stereocenters. The zero-order chi connectivity index (χ0) is 16.4. The lowest BCUT2D eigenvalue weighted by Crippen LogP contribution is -2.35. The van der Waals surface area contributed by atoms with Gasteiger partial charge in [-0.15, -0.1) is 0 Å². The van der Waals surface area contributed by atoms with E-state index < -0.39 is 0 Å². The Morgan fingerprint density at radius 1 is 1.22 bits per heavy atom. The minimum atomic E-state index is -0.358. The van der Waals surface area contributed by atoms with E-state index >= 15 is 0 Å². The number of rotatable bonds is 3. The first kappa shape index (κ1) is 15.4. The van der Waals surface area contributed by atoms with Crippen molar-refractivity contribution >= 4 is 5.91 Å². The highest BCUT2D eigenvalue weighted by molar-refractivity contribution is 5.77. The number of carbonyl (C=O) groups is 1. The molecule has 23 heavy (non-hydrogen) atoms. The minimum absolute atomic E-state index is 0.0428. The average Bonchev–Trinajstić information content (AvgIpc) is 3.05. The fraction of sp³-hybridized carbons (Fsp3) is 0.353. The molecule has 0 bridgehead atoms. The van der Waals surface area contributed by atoms with Gasteiger partial charge in [-0.3, -0.25) is 14.2 Å². The predicted octanol–water partition coefficient (Wildman–Crippen LogP) is 1.98. The van der Waals surface area contributed by atoms with Crippen LogP contribution in [0.1, 0.15) is 18.5 Å². The van der Waals surface area contributed by atoms with Crippen molar-refractivity contribution in [1.82, 2.24) is 14.5 Å². The lowest BCUT2D eigenvalue weighted by molar-refractivity contribution is -0.130. The van der Waals surface area contributed by atoms with Crippen molar-refractivity contribution in [2.45, 2.75) is 26.3 Å². The molecule has 1 fully saturated rings. The molecule has 0 unspecified atom stereocenters. The molecule has 1 aliphatic rings. The Bertz CT molecular complexity index is 777. The predicted molar refractivity (Wildman–Crippen MR) is 84.4 cm³/mol. The largest absolute Gasteiger partial charge is 0.341 e. The second-order valence-electron chi connectivity index (χ2n) is 5.74. The highest BCUT2D eigenvalue weighted by Crippen LogP contribution is 2.17. The first-order valence-corrected chi connectivity index (χ1v) is 7.67. The Kier molecular flexibility index (Phi) is 4.23. The van der Waals surface area contributed by atoms with E-state index in [2.05, 4.69) is 4.98 Å². The van der Waals surface area contributed by atoms with Gasteiger partial charge in [0.05, 0.1) is 0 Å². The lowest BCUT2D eigenvalue weighted by Gasteiger charge is -2.18. The molecule has 1 aromatic heterocycles. The van der Waals surface area contributed by atoms with Gasteiger partial charge in [0.1, 0.15) is 18.2 Å². The zero-order valence-electron chi connectivity index (χ0n) is 13.0. The molecule has 0 radical (unpaired) electrons. The number of benzene rings is 1. The number of hydrogen-bond donors (Lipinski definition) is 0. The van der Waals surface area contributed by atoms with Gasteiger partial charge in [0.2, 0.25) is 5.91 Å². The molecule has 2 heterocycles. The van der Waals surface area contributed by atoms with Crippen LogP contribution >= 0.6 is 0 Å². The maximum Gasteiger partial charge on any atom is 0.254 e. The van der Waals surface area contributed by atoms with Crippen LogP contribution in [0.5, 0.6) is 0 Å². The van der Waals surface area contributed by atoms with Crippen LogP contribution in [0.15, 0.2) is 35.1 Å². The second-order valence-corrected chi connectivity index (χ2v) is 5.74. The van der Waals surface area contributed by atoms with Crippen LogP contribution in [0.4, 0.5) is 4.39 Å². The van der Waals surface area contributed by atoms with Crippen LogP contribution in [0.2, 0.25) is 0 Å². The van der Waals surface area contributed by atoms with E-state index in [-0.39, 0.29) is 23.8 Å². The van der Waals surface area contributed by atoms with Crippen molar-refractivity contribution in [3.63, 3.8) is 0 Å². The summed E-state index contributed by atoms with van der Waals surface area (Å²) < 4.78 is 14.5. The Morgan fingerprint density at radius 3 is 2.52 bits per heavy atom. The lowest BCUT2D eigenvalue weighted by atomic mass is 10.2. The summed E-state index contributed by atoms with van der Waals surface area (Å²) in [5, 5.41) is 0. The molecular formula is C17H18FN3O2. The SMILES string of the molecule is Cc1cc(=O)n(CC(=O)N2CCCC2)c(-c2ccc(F)cc2)n1. The summed E-state index contributed by atoms with van der Waals surface area (Å²) in [5.41, 5.74) is 0.907. The second kappa shape index (κ2) is 6.32. The number of carbonyl (C=O) groups excluding carboxylic acids is 1. The number of likely N-dealkylation sites (tertiary alicyclic amines) is 1. The quantitative estimate of drug-likeness (QED) is 0.870. The van der Waals surface area contributed by atoms with E-state index in [0.717, 1.165) is 25.9 Å². The topological polar surface area (TPSA) is 55.2 Å². The van der Waals surface area contributed by atoms with Crippen molar-refractivity contribution < 1.29 is 9.18 Å². The third-order valence-corrected chi connectivity index (χ3v) is 3.99. The highest BCUT2D eigenvalue weighted by Gasteiger charge is 2.20. The third-order valence-electron chi connectivity index (χ3n) is 3.99. The number of nitrogens with zero attached hydrogens (tertiary/aromatic N) is 3. The van der Waals surface area contributed by atoms with E-state index in [0.29, 0.717) is 17.1 Å². The zero-order valence-corrected chi connectivity index (χ0v) is 13.0. The molecule has 1 aliphatic heterocycles. The van der Waals surface area contributed by atoms with Crippen LogP contribution in [-0.4, -0.2) is 33.4 Å². The Morgan fingerprint density at radius 2 is 1.87 bits per heavy atom. The van der Waals surface area contributed by atoms with E-state index in [4.69, 9.17) is 0 Å². The number of halogens is 1. The van der Waals surface area contributed by atoms with Gasteiger partial charge in [0.15, 0.2) is 0 Å². The summed E-state index contributed by atoms with van der Waals surface area (Å²) in [4.78, 5) is 30.8. The number of aromatic nitrogens is 2. The maximum absolute atomic E-state index is 13.1. The molecular weight excluding hydrogens is 297 g/mol. The normalized spacial score (nSPS) is 14.3. The van der Waals surface area contributed by atoms with Crippen molar-refractivity contribution in [2.75, 3.05) is 13.1 Å². The first-order chi connectivity index (χ1) is 11.0. The number of aryl methyl sites for hydroxylation is 1. The molecule has 1 amide bonds. The summed E-state index contributed by atoms with van der Waals surface area (Å²) in [6, 6.07) is 7.16. The fourth-order valence-corrected chi connectivity index (χ4v) is 2.79. The molecule has 1 aromatic carbocycles. The molecule has 3 rings (SSSR count). The van der Waals surface area contributed by atoms with Gasteiger partial charge in [-0.2, -0.15) is 0 Å². The fourth-order valence-electron chi connectivity index (χ4n) is 2.79. The van der Waals surface area contributed by atoms with Crippen molar-refractivity contribution in [2.24, 2.45) is 0 Å². The third kappa shape index (κ3) is 3.31. The molecule has 0 saturated carbocycles. The van der Waals surface area contributed by atoms with E-state index in [1.165, 1.54) is 22.8 Å². The standard InChI is InChI=1S/C17H18FN3O2/c1-12-10-15(22)21(11-16(23)20-8-2-3-9-20)17(19-12)13-4-6-14(18)7-5-13/h4-7,10H,2-3,8-9,11H2,1H3. The summed E-state index contributed by atoms with van der Waals surface area (Å²) in [6.07, 6.45) is 2.00. The summed E-state index contributed by atoms with van der Waals surface area (Å²) in [5.74, 6) is -0.0513. The Labute approximate surface area is 133 Å². The van der Waals surface area contributed by atoms with Crippen molar-refractivity contribution in [1.29, 1.82) is 0 Å². The molecule has 6 heteroatoms. The smallest absolute Gasteiger partial charge is 0.254 e. The summed E-state index contributed by atoms with van der Waals surface area (Å²) in [6.45, 7) is 3.15. The van der Waals surface area contributed by atoms with Crippen LogP contribution in [-0.2, 0) is 11.3 Å². The van der Waals surface area contributed by atoms with Gasteiger partial charge in [0.25, 0.3) is 5.56 Å². The number of amides is 1. The Balaban J connectivity index is 1.99. The van der Waals surface area contributed by atoms with Crippen molar-refractivity contribution in [3.05, 3.63) is 52.2 Å². The molecule has 0 N–H and O–H groups in total. The molecule has 120 valence electrons. The van der Waals surface area contributed by atoms with Crippen LogP contribution in [0, 0.1) is 12.7 Å². The molecule has 0 spiro atoms. The van der Waals surface area contributed by atoms with Crippen LogP contribution < -0.4 is 5.56 Å². The monoisotopic (exact) mass is 315 g/mol. The van der Waals surface area contributed by atoms with Crippen LogP contribution in [0.25, 0.3) is 11.4 Å². The molecule has 1 saturated heterocycles. The van der Waals surface area contributed by atoms with Gasteiger partial charge in [-0.25, -0.2) is 9.37 Å². The molecule has 2 aromatic rings. The average molecular weight is 315 g/mol. The van der Waals surface area contributed by atoms with E-state index in [9.17, 15) is 14.0 Å². The van der Waals surface area contributed by atoms with Crippen molar-refractivity contribution in [3.8, 4) is 11.4 Å². The maximum atomic E-state index is 13.1. The summed E-state index contributed by atoms with van der Waals surface area (Å²) >= 11 is 0. The van der Waals surface area contributed by atoms with Gasteiger partial charge in [-0.05, 0) is 44.0 Å². The van der Waals surface area contributed by atoms with Crippen LogP contribution in [0.3, 0.4) is 0 Å². The van der Waals surface area contributed by atoms with E-state index in [1.807, 2.05) is 0 Å². The number of hydrogen-bond acceptors (Lipinski definition) is 3. The molecule has 0 aliphatic carbocycles. The van der Waals surface area contributed by atoms with Gasteiger partial charge in [-0.1, -0.05) is 0 Å². The van der Waals surface area contributed by atoms with E-state index in [1.54, 1.807) is 24.0 Å². The van der Waals surface area contributed by atoms with Gasteiger partial charge >= 0.3 is 0 Å². The summed E-state index contributed by atoms with van der Waals surface area (Å²) in [7, 11) is 0. The van der Waals surface area contributed by atoms with Gasteiger partial charge < -0.3 is 4.90 Å². The molecule has 5 nitrogen and oxygen atoms in total. The first-order valence-electron chi connectivity index (χ1n) is 7.67. The highest BCUT2D eigenvalue weighted by atomic mass is 19.1.